The van der Waals surface area contributed by atoms with Crippen molar-refractivity contribution in [3.05, 3.63) is 29.0 Å². The molecule has 1 aliphatic heterocycles. The minimum Gasteiger partial charge on any atom is -0.454 e. The van der Waals surface area contributed by atoms with Crippen molar-refractivity contribution < 1.29 is 23.5 Å². The summed E-state index contributed by atoms with van der Waals surface area (Å²) >= 11 is 5.58. The minimum absolute atomic E-state index is 0.0980. The van der Waals surface area contributed by atoms with Crippen LogP contribution in [0.4, 0.5) is 10.1 Å². The third-order valence-corrected chi connectivity index (χ3v) is 3.03. The number of ether oxygens (including phenoxy) is 2. The molecule has 20 heavy (non-hydrogen) atoms. The molecule has 2 rings (SSSR count). The van der Waals surface area contributed by atoms with Crippen molar-refractivity contribution in [1.82, 2.24) is 0 Å². The summed E-state index contributed by atoms with van der Waals surface area (Å²) in [6.07, 6.45) is 0.830. The molecule has 5 nitrogen and oxygen atoms in total. The third kappa shape index (κ3) is 3.91. The predicted octanol–water partition coefficient (Wildman–Crippen LogP) is 2.14. The van der Waals surface area contributed by atoms with Crippen LogP contribution in [0.3, 0.4) is 0 Å². The van der Waals surface area contributed by atoms with Crippen LogP contribution in [0.2, 0.25) is 5.02 Å². The summed E-state index contributed by atoms with van der Waals surface area (Å²) in [5.41, 5.74) is 0.328. The first-order chi connectivity index (χ1) is 9.56. The van der Waals surface area contributed by atoms with E-state index in [0.29, 0.717) is 18.7 Å². The van der Waals surface area contributed by atoms with Crippen molar-refractivity contribution in [3.63, 3.8) is 0 Å². The SMILES string of the molecule is O=C(COC(=O)[C@H]1CCCO1)Nc1ccc(F)c(Cl)c1. The van der Waals surface area contributed by atoms with Gasteiger partial charge in [-0.25, -0.2) is 9.18 Å². The van der Waals surface area contributed by atoms with Gasteiger partial charge in [0.25, 0.3) is 5.91 Å². The van der Waals surface area contributed by atoms with Crippen molar-refractivity contribution in [1.29, 1.82) is 0 Å². The molecule has 0 spiro atoms. The largest absolute Gasteiger partial charge is 0.454 e. The van der Waals surface area contributed by atoms with Gasteiger partial charge in [-0.05, 0) is 31.0 Å². The Morgan fingerprint density at radius 3 is 2.95 bits per heavy atom. The van der Waals surface area contributed by atoms with E-state index in [0.717, 1.165) is 12.5 Å². The van der Waals surface area contributed by atoms with Crippen molar-refractivity contribution in [3.8, 4) is 0 Å². The molecule has 0 aromatic heterocycles. The van der Waals surface area contributed by atoms with E-state index in [-0.39, 0.29) is 5.02 Å². The number of carbonyl (C=O) groups is 2. The topological polar surface area (TPSA) is 64.6 Å². The van der Waals surface area contributed by atoms with E-state index in [9.17, 15) is 14.0 Å². The summed E-state index contributed by atoms with van der Waals surface area (Å²) in [5.74, 6) is -1.65. The number of hydrogen-bond donors (Lipinski definition) is 1. The fraction of sp³-hybridized carbons (Fsp3) is 0.385. The number of carbonyl (C=O) groups excluding carboxylic acids is 2. The standard InChI is InChI=1S/C13H13ClFNO4/c14-9-6-8(3-4-10(9)15)16-12(17)7-20-13(18)11-2-1-5-19-11/h3-4,6,11H,1-2,5,7H2,(H,16,17)/t11-/m1/s1. The van der Waals surface area contributed by atoms with Crippen LogP contribution in [0.5, 0.6) is 0 Å². The molecule has 108 valence electrons. The highest BCUT2D eigenvalue weighted by Crippen LogP contribution is 2.19. The molecule has 0 radical (unpaired) electrons. The fourth-order valence-corrected chi connectivity index (χ4v) is 1.94. The van der Waals surface area contributed by atoms with E-state index >= 15 is 0 Å². The van der Waals surface area contributed by atoms with E-state index in [4.69, 9.17) is 21.1 Å². The van der Waals surface area contributed by atoms with Crippen LogP contribution < -0.4 is 5.32 Å². The summed E-state index contributed by atoms with van der Waals surface area (Å²) in [5, 5.41) is 2.35. The first-order valence-corrected chi connectivity index (χ1v) is 6.47. The maximum Gasteiger partial charge on any atom is 0.335 e. The molecule has 1 heterocycles. The molecule has 7 heteroatoms. The van der Waals surface area contributed by atoms with Crippen LogP contribution in [0, 0.1) is 5.82 Å². The molecular weight excluding hydrogens is 289 g/mol. The number of esters is 1. The predicted molar refractivity (Wildman–Crippen MR) is 70.0 cm³/mol. The number of benzene rings is 1. The second-order valence-corrected chi connectivity index (χ2v) is 4.69. The zero-order chi connectivity index (χ0) is 14.5. The Hall–Kier alpha value is -1.66. The summed E-state index contributed by atoms with van der Waals surface area (Å²) in [4.78, 5) is 23.1. The molecular formula is C13H13ClFNO4. The van der Waals surface area contributed by atoms with Gasteiger partial charge >= 0.3 is 5.97 Å². The van der Waals surface area contributed by atoms with Gasteiger partial charge in [0, 0.05) is 12.3 Å². The molecule has 0 aliphatic carbocycles. The molecule has 1 aromatic rings. The van der Waals surface area contributed by atoms with Gasteiger partial charge in [-0.2, -0.15) is 0 Å². The molecule has 0 saturated carbocycles. The fourth-order valence-electron chi connectivity index (χ4n) is 1.76. The molecule has 1 atom stereocenters. The third-order valence-electron chi connectivity index (χ3n) is 2.74. The Bertz CT molecular complexity index is 517. The number of rotatable bonds is 4. The average molecular weight is 302 g/mol. The first-order valence-electron chi connectivity index (χ1n) is 6.09. The van der Waals surface area contributed by atoms with E-state index in [1.54, 1.807) is 0 Å². The zero-order valence-corrected chi connectivity index (χ0v) is 11.3. The van der Waals surface area contributed by atoms with E-state index in [1.807, 2.05) is 0 Å². The van der Waals surface area contributed by atoms with Gasteiger partial charge in [-0.1, -0.05) is 11.6 Å². The van der Waals surface area contributed by atoms with Crippen LogP contribution in [0.25, 0.3) is 0 Å². The molecule has 0 bridgehead atoms. The minimum atomic E-state index is -0.580. The van der Waals surface area contributed by atoms with Crippen LogP contribution >= 0.6 is 11.6 Å². The van der Waals surface area contributed by atoms with Crippen molar-refractivity contribution in [2.45, 2.75) is 18.9 Å². The monoisotopic (exact) mass is 301 g/mol. The summed E-state index contributed by atoms with van der Waals surface area (Å²) in [6, 6.07) is 3.77. The molecule has 1 aliphatic rings. The summed E-state index contributed by atoms with van der Waals surface area (Å²) < 4.78 is 22.9. The maximum atomic E-state index is 12.9. The quantitative estimate of drug-likeness (QED) is 0.865. The summed E-state index contributed by atoms with van der Waals surface area (Å²) in [7, 11) is 0. The first kappa shape index (κ1) is 14.7. The highest BCUT2D eigenvalue weighted by Gasteiger charge is 2.25. The van der Waals surface area contributed by atoms with Gasteiger partial charge in [0.2, 0.25) is 0 Å². The van der Waals surface area contributed by atoms with Crippen LogP contribution in [-0.2, 0) is 19.1 Å². The van der Waals surface area contributed by atoms with Crippen molar-refractivity contribution in [2.24, 2.45) is 0 Å². The number of anilines is 1. The average Bonchev–Trinajstić information content (AvgIpc) is 2.94. The Morgan fingerprint density at radius 1 is 1.50 bits per heavy atom. The van der Waals surface area contributed by atoms with Crippen molar-refractivity contribution >= 4 is 29.2 Å². The number of hydrogen-bond acceptors (Lipinski definition) is 4. The van der Waals surface area contributed by atoms with Crippen molar-refractivity contribution in [2.75, 3.05) is 18.5 Å². The lowest BCUT2D eigenvalue weighted by atomic mass is 10.2. The van der Waals surface area contributed by atoms with E-state index < -0.39 is 30.4 Å². The Labute approximate surface area is 120 Å². The van der Waals surface area contributed by atoms with Crippen LogP contribution in [-0.4, -0.2) is 31.2 Å². The molecule has 1 N–H and O–H groups in total. The molecule has 1 aromatic carbocycles. The molecule has 1 saturated heterocycles. The smallest absolute Gasteiger partial charge is 0.335 e. The maximum absolute atomic E-state index is 12.9. The Morgan fingerprint density at radius 2 is 2.30 bits per heavy atom. The van der Waals surface area contributed by atoms with Gasteiger partial charge in [-0.15, -0.1) is 0 Å². The van der Waals surface area contributed by atoms with Gasteiger partial charge in [0.15, 0.2) is 12.7 Å². The number of nitrogens with one attached hydrogen (secondary N) is 1. The molecule has 1 amide bonds. The second kappa shape index (κ2) is 6.67. The van der Waals surface area contributed by atoms with E-state index in [2.05, 4.69) is 5.32 Å². The van der Waals surface area contributed by atoms with Crippen LogP contribution in [0.15, 0.2) is 18.2 Å². The van der Waals surface area contributed by atoms with Gasteiger partial charge in [0.1, 0.15) is 5.82 Å². The lowest BCUT2D eigenvalue weighted by Crippen LogP contribution is -2.27. The number of amides is 1. The van der Waals surface area contributed by atoms with Crippen LogP contribution in [0.1, 0.15) is 12.8 Å². The Kier molecular flexibility index (Phi) is 4.92. The highest BCUT2D eigenvalue weighted by atomic mass is 35.5. The highest BCUT2D eigenvalue weighted by molar-refractivity contribution is 6.31. The van der Waals surface area contributed by atoms with Gasteiger partial charge < -0.3 is 14.8 Å². The summed E-state index contributed by atoms with van der Waals surface area (Å²) in [6.45, 7) is 0.105. The van der Waals surface area contributed by atoms with E-state index in [1.165, 1.54) is 12.1 Å². The lowest BCUT2D eigenvalue weighted by molar-refractivity contribution is -0.156. The normalized spacial score (nSPS) is 17.8. The van der Waals surface area contributed by atoms with Gasteiger partial charge in [0.05, 0.1) is 5.02 Å². The second-order valence-electron chi connectivity index (χ2n) is 4.29. The number of halogens is 2. The Balaban J connectivity index is 1.80. The molecule has 1 fully saturated rings. The molecule has 0 unspecified atom stereocenters. The van der Waals surface area contributed by atoms with Gasteiger partial charge in [-0.3, -0.25) is 4.79 Å². The lowest BCUT2D eigenvalue weighted by Gasteiger charge is -2.10. The zero-order valence-electron chi connectivity index (χ0n) is 10.5.